The van der Waals surface area contributed by atoms with Crippen LogP contribution in [0.1, 0.15) is 17.2 Å². The van der Waals surface area contributed by atoms with E-state index in [-0.39, 0.29) is 0 Å². The van der Waals surface area contributed by atoms with Gasteiger partial charge in [-0.3, -0.25) is 0 Å². The molecule has 1 rings (SSSR count). The highest BCUT2D eigenvalue weighted by atomic mass is 16.5. The first-order valence-corrected chi connectivity index (χ1v) is 4.57. The van der Waals surface area contributed by atoms with Gasteiger partial charge >= 0.3 is 0 Å². The lowest BCUT2D eigenvalue weighted by molar-refractivity contribution is -0.0157. The molecule has 5 nitrogen and oxygen atoms in total. The predicted octanol–water partition coefficient (Wildman–Crippen LogP) is -0.215. The molecule has 2 unspecified atom stereocenters. The van der Waals surface area contributed by atoms with Crippen molar-refractivity contribution in [2.45, 2.75) is 19.1 Å². The molecule has 0 aliphatic carbocycles. The minimum atomic E-state index is -1.20. The molecule has 0 fully saturated rings. The third-order valence-electron chi connectivity index (χ3n) is 2.21. The fourth-order valence-corrected chi connectivity index (χ4v) is 1.27. The van der Waals surface area contributed by atoms with Gasteiger partial charge in [-0.25, -0.2) is 4.98 Å². The average molecular weight is 213 g/mol. The third-order valence-corrected chi connectivity index (χ3v) is 2.21. The smallest absolute Gasteiger partial charge is 0.213 e. The number of rotatable bonds is 4. The highest BCUT2D eigenvalue weighted by Crippen LogP contribution is 2.22. The van der Waals surface area contributed by atoms with E-state index in [2.05, 4.69) is 4.98 Å². The summed E-state index contributed by atoms with van der Waals surface area (Å²) < 4.78 is 4.91. The molecule has 0 spiro atoms. The SMILES string of the molecule is COc1cc(C)c(C(O)C(O)CO)cn1. The summed E-state index contributed by atoms with van der Waals surface area (Å²) in [4.78, 5) is 3.92. The summed E-state index contributed by atoms with van der Waals surface area (Å²) in [5.41, 5.74) is 1.24. The molecule has 15 heavy (non-hydrogen) atoms. The van der Waals surface area contributed by atoms with Crippen molar-refractivity contribution in [3.8, 4) is 5.88 Å². The lowest BCUT2D eigenvalue weighted by Crippen LogP contribution is -2.22. The van der Waals surface area contributed by atoms with E-state index in [9.17, 15) is 10.2 Å². The topological polar surface area (TPSA) is 82.8 Å². The van der Waals surface area contributed by atoms with Crippen LogP contribution in [-0.4, -0.2) is 40.1 Å². The molecule has 5 heteroatoms. The number of aromatic nitrogens is 1. The van der Waals surface area contributed by atoms with E-state index in [1.54, 1.807) is 13.0 Å². The van der Waals surface area contributed by atoms with Crippen molar-refractivity contribution in [3.63, 3.8) is 0 Å². The average Bonchev–Trinajstić information content (AvgIpc) is 2.26. The van der Waals surface area contributed by atoms with E-state index in [1.165, 1.54) is 13.3 Å². The van der Waals surface area contributed by atoms with Crippen molar-refractivity contribution in [3.05, 3.63) is 23.4 Å². The van der Waals surface area contributed by atoms with Crippen molar-refractivity contribution < 1.29 is 20.1 Å². The minimum absolute atomic E-state index is 0.446. The molecule has 1 aromatic rings. The fourth-order valence-electron chi connectivity index (χ4n) is 1.27. The van der Waals surface area contributed by atoms with Gasteiger partial charge in [0.25, 0.3) is 0 Å². The number of aryl methyl sites for hydroxylation is 1. The Morgan fingerprint density at radius 3 is 2.60 bits per heavy atom. The molecule has 0 aliphatic heterocycles. The summed E-state index contributed by atoms with van der Waals surface area (Å²) in [6.45, 7) is 1.28. The van der Waals surface area contributed by atoms with Gasteiger partial charge in [-0.05, 0) is 12.5 Å². The molecule has 0 saturated carbocycles. The molecule has 0 amide bonds. The van der Waals surface area contributed by atoms with Gasteiger partial charge in [-0.2, -0.15) is 0 Å². The summed E-state index contributed by atoms with van der Waals surface area (Å²) in [6.07, 6.45) is -0.898. The van der Waals surface area contributed by atoms with Crippen LogP contribution in [0.2, 0.25) is 0 Å². The number of aliphatic hydroxyl groups is 3. The van der Waals surface area contributed by atoms with Crippen molar-refractivity contribution in [2.24, 2.45) is 0 Å². The van der Waals surface area contributed by atoms with Gasteiger partial charge in [0.2, 0.25) is 5.88 Å². The van der Waals surface area contributed by atoms with Crippen LogP contribution in [-0.2, 0) is 0 Å². The van der Waals surface area contributed by atoms with E-state index < -0.39 is 18.8 Å². The van der Waals surface area contributed by atoms with Crippen LogP contribution in [0.15, 0.2) is 12.3 Å². The Morgan fingerprint density at radius 1 is 1.47 bits per heavy atom. The fraction of sp³-hybridized carbons (Fsp3) is 0.500. The first-order valence-electron chi connectivity index (χ1n) is 4.57. The second kappa shape index (κ2) is 5.06. The zero-order valence-corrected chi connectivity index (χ0v) is 8.71. The number of nitrogens with zero attached hydrogens (tertiary/aromatic N) is 1. The van der Waals surface area contributed by atoms with E-state index in [1.807, 2.05) is 0 Å². The monoisotopic (exact) mass is 213 g/mol. The van der Waals surface area contributed by atoms with Crippen molar-refractivity contribution in [2.75, 3.05) is 13.7 Å². The maximum Gasteiger partial charge on any atom is 0.213 e. The Labute approximate surface area is 88.0 Å². The van der Waals surface area contributed by atoms with Crippen LogP contribution >= 0.6 is 0 Å². The van der Waals surface area contributed by atoms with Gasteiger partial charge in [0.05, 0.1) is 13.7 Å². The van der Waals surface area contributed by atoms with Crippen LogP contribution in [0, 0.1) is 6.92 Å². The summed E-state index contributed by atoms with van der Waals surface area (Å²) in [7, 11) is 1.50. The lowest BCUT2D eigenvalue weighted by Gasteiger charge is -2.17. The molecular weight excluding hydrogens is 198 g/mol. The zero-order chi connectivity index (χ0) is 11.4. The molecular formula is C10H15NO4. The molecule has 3 N–H and O–H groups in total. The third kappa shape index (κ3) is 2.65. The molecule has 84 valence electrons. The number of methoxy groups -OCH3 is 1. The molecule has 2 atom stereocenters. The molecule has 0 bridgehead atoms. The van der Waals surface area contributed by atoms with Crippen molar-refractivity contribution >= 4 is 0 Å². The van der Waals surface area contributed by atoms with Gasteiger partial charge in [-0.15, -0.1) is 0 Å². The van der Waals surface area contributed by atoms with Gasteiger partial charge in [-0.1, -0.05) is 0 Å². The van der Waals surface area contributed by atoms with Gasteiger partial charge in [0.15, 0.2) is 0 Å². The summed E-state index contributed by atoms with van der Waals surface area (Å²) in [5.74, 6) is 0.446. The Kier molecular flexibility index (Phi) is 4.02. The maximum atomic E-state index is 9.64. The molecule has 0 saturated heterocycles. The second-order valence-corrected chi connectivity index (χ2v) is 3.28. The second-order valence-electron chi connectivity index (χ2n) is 3.28. The highest BCUT2D eigenvalue weighted by molar-refractivity contribution is 5.30. The molecule has 1 heterocycles. The summed E-state index contributed by atoms with van der Waals surface area (Å²) >= 11 is 0. The first kappa shape index (κ1) is 11.9. The number of pyridine rings is 1. The van der Waals surface area contributed by atoms with Crippen molar-refractivity contribution in [1.29, 1.82) is 0 Å². The summed E-state index contributed by atoms with van der Waals surface area (Å²) in [5, 5.41) is 27.6. The highest BCUT2D eigenvalue weighted by Gasteiger charge is 2.19. The lowest BCUT2D eigenvalue weighted by atomic mass is 10.0. The van der Waals surface area contributed by atoms with Crippen LogP contribution in [0.5, 0.6) is 5.88 Å². The Morgan fingerprint density at radius 2 is 2.13 bits per heavy atom. The van der Waals surface area contributed by atoms with E-state index in [0.717, 1.165) is 5.56 Å². The van der Waals surface area contributed by atoms with E-state index in [0.29, 0.717) is 11.4 Å². The van der Waals surface area contributed by atoms with Gasteiger partial charge in [0.1, 0.15) is 12.2 Å². The normalized spacial score (nSPS) is 14.7. The Balaban J connectivity index is 2.95. The molecule has 0 radical (unpaired) electrons. The van der Waals surface area contributed by atoms with Gasteiger partial charge in [0, 0.05) is 17.8 Å². The number of hydrogen-bond donors (Lipinski definition) is 3. The predicted molar refractivity (Wildman–Crippen MR) is 53.6 cm³/mol. The van der Waals surface area contributed by atoms with E-state index >= 15 is 0 Å². The van der Waals surface area contributed by atoms with Crippen LogP contribution in [0.3, 0.4) is 0 Å². The van der Waals surface area contributed by atoms with Gasteiger partial charge < -0.3 is 20.1 Å². The number of aliphatic hydroxyl groups excluding tert-OH is 3. The minimum Gasteiger partial charge on any atom is -0.481 e. The summed E-state index contributed by atoms with van der Waals surface area (Å²) in [6, 6.07) is 1.66. The quantitative estimate of drug-likeness (QED) is 0.644. The Hall–Kier alpha value is -1.17. The van der Waals surface area contributed by atoms with Crippen molar-refractivity contribution in [1.82, 2.24) is 4.98 Å². The molecule has 0 aromatic carbocycles. The van der Waals surface area contributed by atoms with Crippen LogP contribution in [0.4, 0.5) is 0 Å². The van der Waals surface area contributed by atoms with E-state index in [4.69, 9.17) is 9.84 Å². The zero-order valence-electron chi connectivity index (χ0n) is 8.71. The molecule has 1 aromatic heterocycles. The Bertz CT molecular complexity index is 329. The largest absolute Gasteiger partial charge is 0.481 e. The maximum absolute atomic E-state index is 9.64. The number of hydrogen-bond acceptors (Lipinski definition) is 5. The van der Waals surface area contributed by atoms with Crippen LogP contribution < -0.4 is 4.74 Å². The number of ether oxygens (including phenoxy) is 1. The first-order chi connectivity index (χ1) is 7.10. The van der Waals surface area contributed by atoms with Crippen LogP contribution in [0.25, 0.3) is 0 Å². The molecule has 0 aliphatic rings. The standard InChI is InChI=1S/C10H15NO4/c1-6-3-9(15-2)11-4-7(6)10(14)8(13)5-12/h3-4,8,10,12-14H,5H2,1-2H3.